The van der Waals surface area contributed by atoms with Gasteiger partial charge in [-0.2, -0.15) is 13.2 Å². The summed E-state index contributed by atoms with van der Waals surface area (Å²) < 4.78 is 52.6. The fraction of sp³-hybridized carbons (Fsp3) is 0.625. The van der Waals surface area contributed by atoms with Crippen LogP contribution in [0.5, 0.6) is 0 Å². The van der Waals surface area contributed by atoms with E-state index in [0.717, 1.165) is 31.0 Å². The molecule has 5 heteroatoms. The molecule has 1 atom stereocenters. The molecule has 1 N–H and O–H groups in total. The average Bonchev–Trinajstić information content (AvgIpc) is 2.35. The first-order chi connectivity index (χ1) is 9.75. The average molecular weight is 305 g/mol. The molecule has 1 aromatic carbocycles. The molecule has 0 aliphatic rings. The second-order valence-corrected chi connectivity index (χ2v) is 5.66. The van der Waals surface area contributed by atoms with Crippen LogP contribution in [-0.4, -0.2) is 6.54 Å². The maximum atomic E-state index is 13.4. The van der Waals surface area contributed by atoms with Crippen LogP contribution >= 0.6 is 0 Å². The van der Waals surface area contributed by atoms with Gasteiger partial charge in [-0.1, -0.05) is 33.6 Å². The summed E-state index contributed by atoms with van der Waals surface area (Å²) in [5.41, 5.74) is -0.743. The fourth-order valence-electron chi connectivity index (χ4n) is 2.42. The summed E-state index contributed by atoms with van der Waals surface area (Å²) in [5.74, 6) is -0.133. The highest BCUT2D eigenvalue weighted by Crippen LogP contribution is 2.36. The molecular weight excluding hydrogens is 282 g/mol. The molecule has 1 rings (SSSR count). The first kappa shape index (κ1) is 18.0. The molecule has 120 valence electrons. The van der Waals surface area contributed by atoms with Gasteiger partial charge in [-0.25, -0.2) is 4.39 Å². The zero-order valence-electron chi connectivity index (χ0n) is 12.7. The summed E-state index contributed by atoms with van der Waals surface area (Å²) in [6, 6.07) is 2.23. The molecule has 0 fully saturated rings. The van der Waals surface area contributed by atoms with E-state index < -0.39 is 23.6 Å². The Morgan fingerprint density at radius 3 is 2.33 bits per heavy atom. The number of benzene rings is 1. The lowest BCUT2D eigenvalue weighted by molar-refractivity contribution is -0.138. The van der Waals surface area contributed by atoms with Gasteiger partial charge in [-0.05, 0) is 42.6 Å². The summed E-state index contributed by atoms with van der Waals surface area (Å²) in [7, 11) is 0. The van der Waals surface area contributed by atoms with Gasteiger partial charge in [0.2, 0.25) is 0 Å². The number of hydrogen-bond donors (Lipinski definition) is 1. The van der Waals surface area contributed by atoms with Gasteiger partial charge in [0.05, 0.1) is 5.56 Å². The summed E-state index contributed by atoms with van der Waals surface area (Å²) in [5, 5.41) is 3.05. The van der Waals surface area contributed by atoms with E-state index in [4.69, 9.17) is 0 Å². The molecule has 0 radical (unpaired) electrons. The molecule has 0 aromatic heterocycles. The Hall–Kier alpha value is -1.10. The highest BCUT2D eigenvalue weighted by molar-refractivity contribution is 5.33. The second kappa shape index (κ2) is 7.78. The largest absolute Gasteiger partial charge is 0.416 e. The van der Waals surface area contributed by atoms with Crippen molar-refractivity contribution in [1.82, 2.24) is 5.32 Å². The lowest BCUT2D eigenvalue weighted by atomic mass is 9.94. The quantitative estimate of drug-likeness (QED) is 0.672. The summed E-state index contributed by atoms with van der Waals surface area (Å²) >= 11 is 0. The number of halogens is 4. The first-order valence-electron chi connectivity index (χ1n) is 7.35. The molecule has 0 bridgehead atoms. The van der Waals surface area contributed by atoms with Crippen LogP contribution in [0, 0.1) is 11.7 Å². The van der Waals surface area contributed by atoms with E-state index in [1.54, 1.807) is 0 Å². The minimum absolute atomic E-state index is 0.00751. The minimum Gasteiger partial charge on any atom is -0.310 e. The van der Waals surface area contributed by atoms with Crippen LogP contribution in [-0.2, 0) is 6.18 Å². The second-order valence-electron chi connectivity index (χ2n) is 5.66. The lowest BCUT2D eigenvalue weighted by Crippen LogP contribution is -2.24. The van der Waals surface area contributed by atoms with E-state index in [1.165, 1.54) is 0 Å². The molecule has 21 heavy (non-hydrogen) atoms. The Kier molecular flexibility index (Phi) is 6.65. The van der Waals surface area contributed by atoms with Crippen molar-refractivity contribution >= 4 is 0 Å². The molecule has 0 amide bonds. The lowest BCUT2D eigenvalue weighted by Gasteiger charge is -2.23. The molecule has 0 heterocycles. The van der Waals surface area contributed by atoms with Crippen LogP contribution in [0.2, 0.25) is 0 Å². The maximum absolute atomic E-state index is 13.4. The summed E-state index contributed by atoms with van der Waals surface area (Å²) in [6.07, 6.45) is -2.14. The molecule has 0 saturated heterocycles. The third kappa shape index (κ3) is 5.65. The van der Waals surface area contributed by atoms with Crippen LogP contribution in [0.3, 0.4) is 0 Å². The molecule has 1 unspecified atom stereocenters. The van der Waals surface area contributed by atoms with Crippen molar-refractivity contribution < 1.29 is 17.6 Å². The minimum atomic E-state index is -4.46. The monoisotopic (exact) mass is 305 g/mol. The van der Waals surface area contributed by atoms with E-state index in [9.17, 15) is 17.6 Å². The van der Waals surface area contributed by atoms with Crippen LogP contribution in [0.15, 0.2) is 18.2 Å². The molecular formula is C16H23F4N. The summed E-state index contributed by atoms with van der Waals surface area (Å²) in [4.78, 5) is 0. The van der Waals surface area contributed by atoms with E-state index in [0.29, 0.717) is 18.9 Å². The van der Waals surface area contributed by atoms with Gasteiger partial charge in [0.15, 0.2) is 0 Å². The predicted octanol–water partition coefficient (Wildman–Crippen LogP) is 5.32. The van der Waals surface area contributed by atoms with E-state index in [2.05, 4.69) is 19.2 Å². The molecule has 0 aliphatic carbocycles. The Morgan fingerprint density at radius 2 is 1.81 bits per heavy atom. The maximum Gasteiger partial charge on any atom is 0.416 e. The van der Waals surface area contributed by atoms with E-state index in [1.807, 2.05) is 6.92 Å². The first-order valence-corrected chi connectivity index (χ1v) is 7.35. The normalized spacial score (nSPS) is 13.7. The Morgan fingerprint density at radius 1 is 1.14 bits per heavy atom. The predicted molar refractivity (Wildman–Crippen MR) is 76.5 cm³/mol. The van der Waals surface area contributed by atoms with Crippen molar-refractivity contribution in [3.8, 4) is 0 Å². The van der Waals surface area contributed by atoms with Crippen LogP contribution in [0.4, 0.5) is 17.6 Å². The number of alkyl halides is 3. The van der Waals surface area contributed by atoms with Crippen molar-refractivity contribution in [3.05, 3.63) is 35.1 Å². The van der Waals surface area contributed by atoms with Gasteiger partial charge < -0.3 is 5.32 Å². The SMILES string of the molecule is CCNC(CCCC(C)C)c1cc(F)ccc1C(F)(F)F. The molecule has 1 aromatic rings. The topological polar surface area (TPSA) is 12.0 Å². The molecule has 0 saturated carbocycles. The van der Waals surface area contributed by atoms with Crippen LogP contribution in [0.1, 0.15) is 57.2 Å². The van der Waals surface area contributed by atoms with Crippen molar-refractivity contribution in [2.75, 3.05) is 6.54 Å². The van der Waals surface area contributed by atoms with Gasteiger partial charge in [-0.3, -0.25) is 0 Å². The Bertz CT molecular complexity index is 440. The zero-order chi connectivity index (χ0) is 16.0. The molecule has 0 spiro atoms. The standard InChI is InChI=1S/C16H23F4N/c1-4-21-15(7-5-6-11(2)3)13-10-12(17)8-9-14(13)16(18,19)20/h8-11,15,21H,4-7H2,1-3H3. The Balaban J connectivity index is 3.03. The highest BCUT2D eigenvalue weighted by Gasteiger charge is 2.35. The molecule has 0 aliphatic heterocycles. The third-order valence-corrected chi connectivity index (χ3v) is 3.42. The van der Waals surface area contributed by atoms with Crippen LogP contribution in [0.25, 0.3) is 0 Å². The van der Waals surface area contributed by atoms with Gasteiger partial charge in [-0.15, -0.1) is 0 Å². The van der Waals surface area contributed by atoms with Gasteiger partial charge >= 0.3 is 6.18 Å². The van der Waals surface area contributed by atoms with Crippen molar-refractivity contribution in [3.63, 3.8) is 0 Å². The van der Waals surface area contributed by atoms with E-state index >= 15 is 0 Å². The van der Waals surface area contributed by atoms with Crippen molar-refractivity contribution in [2.24, 2.45) is 5.92 Å². The summed E-state index contributed by atoms with van der Waals surface area (Å²) in [6.45, 7) is 6.53. The van der Waals surface area contributed by atoms with Crippen molar-refractivity contribution in [1.29, 1.82) is 0 Å². The number of rotatable bonds is 7. The fourth-order valence-corrected chi connectivity index (χ4v) is 2.42. The Labute approximate surface area is 123 Å². The van der Waals surface area contributed by atoms with Gasteiger partial charge in [0.25, 0.3) is 0 Å². The number of hydrogen-bond acceptors (Lipinski definition) is 1. The number of nitrogens with one attached hydrogen (secondary N) is 1. The van der Waals surface area contributed by atoms with Crippen LogP contribution < -0.4 is 5.32 Å². The van der Waals surface area contributed by atoms with Gasteiger partial charge in [0.1, 0.15) is 5.82 Å². The van der Waals surface area contributed by atoms with E-state index in [-0.39, 0.29) is 5.56 Å². The molecule has 1 nitrogen and oxygen atoms in total. The highest BCUT2D eigenvalue weighted by atomic mass is 19.4. The zero-order valence-corrected chi connectivity index (χ0v) is 12.7. The van der Waals surface area contributed by atoms with Gasteiger partial charge in [0, 0.05) is 6.04 Å². The third-order valence-electron chi connectivity index (χ3n) is 3.42. The smallest absolute Gasteiger partial charge is 0.310 e. The van der Waals surface area contributed by atoms with Crippen molar-refractivity contribution in [2.45, 2.75) is 52.3 Å².